The highest BCUT2D eigenvalue weighted by atomic mass is 19.1. The van der Waals surface area contributed by atoms with Crippen LogP contribution < -0.4 is 0 Å². The molecule has 98 valence electrons. The molecule has 3 nitrogen and oxygen atoms in total. The lowest BCUT2D eigenvalue weighted by atomic mass is 9.98. The van der Waals surface area contributed by atoms with Crippen molar-refractivity contribution in [1.82, 2.24) is 4.90 Å². The number of likely N-dealkylation sites (tertiary alicyclic amines) is 1. The SMILES string of the molecule is CC1CCN(Cc2ccc(C(=O)O)cc2F)CC1. The van der Waals surface area contributed by atoms with E-state index in [4.69, 9.17) is 5.11 Å². The molecule has 1 N–H and O–H groups in total. The van der Waals surface area contributed by atoms with Crippen LogP contribution >= 0.6 is 0 Å². The highest BCUT2D eigenvalue weighted by molar-refractivity contribution is 5.87. The van der Waals surface area contributed by atoms with Crippen LogP contribution in [0.25, 0.3) is 0 Å². The van der Waals surface area contributed by atoms with Gasteiger partial charge in [0.05, 0.1) is 5.56 Å². The van der Waals surface area contributed by atoms with Crippen molar-refractivity contribution in [2.75, 3.05) is 13.1 Å². The van der Waals surface area contributed by atoms with Gasteiger partial charge in [-0.2, -0.15) is 0 Å². The maximum Gasteiger partial charge on any atom is 0.335 e. The van der Waals surface area contributed by atoms with E-state index in [9.17, 15) is 9.18 Å². The molecule has 0 aliphatic carbocycles. The summed E-state index contributed by atoms with van der Waals surface area (Å²) in [5.74, 6) is -0.763. The van der Waals surface area contributed by atoms with Crippen LogP contribution in [0.15, 0.2) is 18.2 Å². The fraction of sp³-hybridized carbons (Fsp3) is 0.500. The molecule has 1 saturated heterocycles. The monoisotopic (exact) mass is 251 g/mol. The number of carboxylic acid groups (broad SMARTS) is 1. The van der Waals surface area contributed by atoms with Crippen molar-refractivity contribution in [3.63, 3.8) is 0 Å². The largest absolute Gasteiger partial charge is 0.478 e. The predicted molar refractivity (Wildman–Crippen MR) is 67.0 cm³/mol. The van der Waals surface area contributed by atoms with Crippen LogP contribution in [0, 0.1) is 11.7 Å². The Kier molecular flexibility index (Phi) is 3.97. The number of carboxylic acids is 1. The first-order valence-electron chi connectivity index (χ1n) is 6.30. The average molecular weight is 251 g/mol. The van der Waals surface area contributed by atoms with E-state index >= 15 is 0 Å². The Morgan fingerprint density at radius 1 is 1.44 bits per heavy atom. The lowest BCUT2D eigenvalue weighted by Gasteiger charge is -2.30. The van der Waals surface area contributed by atoms with Gasteiger partial charge in [0.1, 0.15) is 5.82 Å². The third-order valence-corrected chi connectivity index (χ3v) is 3.57. The fourth-order valence-corrected chi connectivity index (χ4v) is 2.27. The van der Waals surface area contributed by atoms with Gasteiger partial charge in [0.25, 0.3) is 0 Å². The van der Waals surface area contributed by atoms with Gasteiger partial charge in [-0.1, -0.05) is 13.0 Å². The van der Waals surface area contributed by atoms with Crippen LogP contribution in [0.1, 0.15) is 35.7 Å². The molecule has 1 heterocycles. The van der Waals surface area contributed by atoms with E-state index < -0.39 is 11.8 Å². The van der Waals surface area contributed by atoms with Gasteiger partial charge >= 0.3 is 5.97 Å². The number of hydrogen-bond donors (Lipinski definition) is 1. The zero-order valence-electron chi connectivity index (χ0n) is 10.5. The molecular weight excluding hydrogens is 233 g/mol. The summed E-state index contributed by atoms with van der Waals surface area (Å²) in [7, 11) is 0. The molecule has 0 unspecified atom stereocenters. The Morgan fingerprint density at radius 2 is 2.11 bits per heavy atom. The van der Waals surface area contributed by atoms with Crippen LogP contribution in [0.5, 0.6) is 0 Å². The van der Waals surface area contributed by atoms with Crippen molar-refractivity contribution in [2.24, 2.45) is 5.92 Å². The lowest BCUT2D eigenvalue weighted by molar-refractivity contribution is 0.0696. The minimum atomic E-state index is -1.09. The second-order valence-corrected chi connectivity index (χ2v) is 5.07. The molecule has 1 aromatic rings. The molecule has 1 fully saturated rings. The van der Waals surface area contributed by atoms with E-state index in [1.54, 1.807) is 6.07 Å². The zero-order valence-corrected chi connectivity index (χ0v) is 10.5. The van der Waals surface area contributed by atoms with Gasteiger partial charge in [0, 0.05) is 12.1 Å². The number of rotatable bonds is 3. The van der Waals surface area contributed by atoms with Gasteiger partial charge in [0.15, 0.2) is 0 Å². The summed E-state index contributed by atoms with van der Waals surface area (Å²) in [6.45, 7) is 4.78. The summed E-state index contributed by atoms with van der Waals surface area (Å²) in [5, 5.41) is 8.77. The molecule has 18 heavy (non-hydrogen) atoms. The Hall–Kier alpha value is -1.42. The van der Waals surface area contributed by atoms with Crippen LogP contribution in [0.4, 0.5) is 4.39 Å². The van der Waals surface area contributed by atoms with Crippen molar-refractivity contribution in [1.29, 1.82) is 0 Å². The summed E-state index contributed by atoms with van der Waals surface area (Å²) in [5.41, 5.74) is 0.582. The molecule has 0 spiro atoms. The summed E-state index contributed by atoms with van der Waals surface area (Å²) in [4.78, 5) is 12.9. The molecule has 1 aliphatic rings. The van der Waals surface area contributed by atoms with Crippen LogP contribution in [0.2, 0.25) is 0 Å². The van der Waals surface area contributed by atoms with E-state index in [0.29, 0.717) is 12.1 Å². The molecule has 0 radical (unpaired) electrons. The molecular formula is C14H18FNO2. The lowest BCUT2D eigenvalue weighted by Crippen LogP contribution is -2.32. The molecule has 0 amide bonds. The first-order chi connectivity index (χ1) is 8.56. The van der Waals surface area contributed by atoms with Crippen molar-refractivity contribution in [3.8, 4) is 0 Å². The highest BCUT2D eigenvalue weighted by Crippen LogP contribution is 2.19. The molecule has 0 atom stereocenters. The smallest absolute Gasteiger partial charge is 0.335 e. The van der Waals surface area contributed by atoms with Gasteiger partial charge in [-0.15, -0.1) is 0 Å². The third-order valence-electron chi connectivity index (χ3n) is 3.57. The number of hydrogen-bond acceptors (Lipinski definition) is 2. The van der Waals surface area contributed by atoms with Gasteiger partial charge in [0.2, 0.25) is 0 Å². The van der Waals surface area contributed by atoms with E-state index in [-0.39, 0.29) is 5.56 Å². The summed E-state index contributed by atoms with van der Waals surface area (Å²) in [6, 6.07) is 4.15. The summed E-state index contributed by atoms with van der Waals surface area (Å²) >= 11 is 0. The molecule has 0 aromatic heterocycles. The van der Waals surface area contributed by atoms with Crippen molar-refractivity contribution in [3.05, 3.63) is 35.1 Å². The van der Waals surface area contributed by atoms with E-state index in [0.717, 1.165) is 37.9 Å². The van der Waals surface area contributed by atoms with E-state index in [2.05, 4.69) is 11.8 Å². The number of halogens is 1. The van der Waals surface area contributed by atoms with Gasteiger partial charge in [-0.3, -0.25) is 4.90 Å². The van der Waals surface area contributed by atoms with Crippen LogP contribution in [-0.2, 0) is 6.54 Å². The first-order valence-corrected chi connectivity index (χ1v) is 6.30. The quantitative estimate of drug-likeness (QED) is 0.898. The fourth-order valence-electron chi connectivity index (χ4n) is 2.27. The number of piperidine rings is 1. The Bertz CT molecular complexity index is 439. The normalized spacial score (nSPS) is 17.9. The van der Waals surface area contributed by atoms with Crippen LogP contribution in [-0.4, -0.2) is 29.1 Å². The van der Waals surface area contributed by atoms with Crippen LogP contribution in [0.3, 0.4) is 0 Å². The molecule has 1 aromatic carbocycles. The maximum atomic E-state index is 13.8. The second kappa shape index (κ2) is 5.48. The average Bonchev–Trinajstić information content (AvgIpc) is 2.34. The Balaban J connectivity index is 2.03. The third kappa shape index (κ3) is 3.07. The minimum Gasteiger partial charge on any atom is -0.478 e. The zero-order chi connectivity index (χ0) is 13.1. The summed E-state index contributed by atoms with van der Waals surface area (Å²) < 4.78 is 13.8. The van der Waals surface area contributed by atoms with Crippen molar-refractivity contribution < 1.29 is 14.3 Å². The van der Waals surface area contributed by atoms with Gasteiger partial charge in [-0.05, 0) is 44.0 Å². The van der Waals surface area contributed by atoms with Gasteiger partial charge in [-0.25, -0.2) is 9.18 Å². The van der Waals surface area contributed by atoms with Crippen molar-refractivity contribution in [2.45, 2.75) is 26.3 Å². The van der Waals surface area contributed by atoms with E-state index in [1.165, 1.54) is 6.07 Å². The number of carbonyl (C=O) groups is 1. The predicted octanol–water partition coefficient (Wildman–Crippen LogP) is 2.76. The summed E-state index contributed by atoms with van der Waals surface area (Å²) in [6.07, 6.45) is 2.30. The number of benzene rings is 1. The standard InChI is InChI=1S/C14H18FNO2/c1-10-4-6-16(7-5-10)9-12-3-2-11(14(17)18)8-13(12)15/h2-3,8,10H,4-7,9H2,1H3,(H,17,18). The highest BCUT2D eigenvalue weighted by Gasteiger charge is 2.17. The molecule has 4 heteroatoms. The first kappa shape index (κ1) is 13.0. The number of nitrogens with zero attached hydrogens (tertiary/aromatic N) is 1. The molecule has 2 rings (SSSR count). The van der Waals surface area contributed by atoms with Crippen molar-refractivity contribution >= 4 is 5.97 Å². The second-order valence-electron chi connectivity index (χ2n) is 5.07. The molecule has 0 saturated carbocycles. The number of aromatic carboxylic acids is 1. The Labute approximate surface area is 106 Å². The topological polar surface area (TPSA) is 40.5 Å². The van der Waals surface area contributed by atoms with Gasteiger partial charge < -0.3 is 5.11 Å². The maximum absolute atomic E-state index is 13.8. The molecule has 0 bridgehead atoms. The van der Waals surface area contributed by atoms with E-state index in [1.807, 2.05) is 0 Å². The minimum absolute atomic E-state index is 0.00326. The molecule has 1 aliphatic heterocycles. The Morgan fingerprint density at radius 3 is 2.67 bits per heavy atom.